The summed E-state index contributed by atoms with van der Waals surface area (Å²) in [5.41, 5.74) is -0.751. The number of ether oxygens (including phenoxy) is 4. The number of carbonyl (C=O) groups excluding carboxylic acids is 6. The van der Waals surface area contributed by atoms with Crippen molar-refractivity contribution in [2.75, 3.05) is 23.4 Å². The fourth-order valence-electron chi connectivity index (χ4n) is 7.31. The first-order valence-corrected chi connectivity index (χ1v) is 27.2. The maximum Gasteiger partial charge on any atom is 0.329 e. The molecule has 2 atom stereocenters. The van der Waals surface area contributed by atoms with E-state index in [0.717, 1.165) is 38.5 Å². The Hall–Kier alpha value is -3.61. The van der Waals surface area contributed by atoms with Crippen molar-refractivity contribution in [2.45, 2.75) is 252 Å². The minimum absolute atomic E-state index is 0.00500. The van der Waals surface area contributed by atoms with Gasteiger partial charge in [-0.3, -0.25) is 24.0 Å². The first kappa shape index (κ1) is 61.4. The Morgan fingerprint density at radius 3 is 1.49 bits per heavy atom. The molecule has 12 nitrogen and oxygen atoms in total. The highest BCUT2D eigenvalue weighted by Crippen LogP contribution is 2.18. The van der Waals surface area contributed by atoms with Gasteiger partial charge in [-0.1, -0.05) is 142 Å². The summed E-state index contributed by atoms with van der Waals surface area (Å²) in [5, 5.41) is 5.53. The second kappa shape index (κ2) is 37.3. The first-order valence-electron chi connectivity index (χ1n) is 26.0. The van der Waals surface area contributed by atoms with E-state index in [1.54, 1.807) is 53.7 Å². The average molecular weight is 961 g/mol. The SMILES string of the molecule is CCCCCCCCCCCCCC(=O)OCC(CSCCC(=O)Nc1ccc(C(=O)N[C@@H](CCC(=O)OC(C)(C)C)C(=O)OC(C)(C)C)cc1)OC(=O)CCCCCCCCCCCCC. The van der Waals surface area contributed by atoms with Crippen LogP contribution in [-0.2, 0) is 42.9 Å². The van der Waals surface area contributed by atoms with Gasteiger partial charge in [-0.15, -0.1) is 0 Å². The molecule has 13 heteroatoms. The number of rotatable bonds is 39. The Kier molecular flexibility index (Phi) is 34.2. The van der Waals surface area contributed by atoms with Crippen LogP contribution in [0.2, 0.25) is 0 Å². The van der Waals surface area contributed by atoms with Crippen molar-refractivity contribution in [1.82, 2.24) is 5.32 Å². The second-order valence-electron chi connectivity index (χ2n) is 20.0. The maximum atomic E-state index is 13.2. The fraction of sp³-hybridized carbons (Fsp3) is 0.778. The Labute approximate surface area is 410 Å². The number of anilines is 1. The van der Waals surface area contributed by atoms with E-state index in [1.165, 1.54) is 127 Å². The lowest BCUT2D eigenvalue weighted by Gasteiger charge is -2.25. The molecule has 0 spiro atoms. The molecular weight excluding hydrogens is 869 g/mol. The van der Waals surface area contributed by atoms with Gasteiger partial charge in [0.2, 0.25) is 5.91 Å². The number of esters is 4. The third-order valence-corrected chi connectivity index (χ3v) is 12.1. The van der Waals surface area contributed by atoms with Gasteiger partial charge in [0.15, 0.2) is 0 Å². The lowest BCUT2D eigenvalue weighted by atomic mass is 10.1. The number of nitrogens with one attached hydrogen (secondary N) is 2. The van der Waals surface area contributed by atoms with Crippen LogP contribution in [-0.4, -0.2) is 77.2 Å². The van der Waals surface area contributed by atoms with E-state index >= 15 is 0 Å². The molecule has 0 aliphatic rings. The summed E-state index contributed by atoms with van der Waals surface area (Å²) in [6.07, 6.45) is 26.4. The predicted octanol–water partition coefficient (Wildman–Crippen LogP) is 13.2. The van der Waals surface area contributed by atoms with E-state index < -0.39 is 41.2 Å². The van der Waals surface area contributed by atoms with Gasteiger partial charge in [0, 0.05) is 48.4 Å². The molecule has 1 rings (SSSR count). The molecule has 67 heavy (non-hydrogen) atoms. The van der Waals surface area contributed by atoms with E-state index in [1.807, 2.05) is 0 Å². The maximum absolute atomic E-state index is 13.2. The number of thioether (sulfide) groups is 1. The quantitative estimate of drug-likeness (QED) is 0.0367. The molecular formula is C54H92N2O10S. The van der Waals surface area contributed by atoms with Crippen LogP contribution in [0.25, 0.3) is 0 Å². The van der Waals surface area contributed by atoms with Crippen molar-refractivity contribution in [2.24, 2.45) is 0 Å². The van der Waals surface area contributed by atoms with Gasteiger partial charge in [-0.25, -0.2) is 4.79 Å². The van der Waals surface area contributed by atoms with E-state index in [9.17, 15) is 28.8 Å². The van der Waals surface area contributed by atoms with E-state index in [-0.39, 0.29) is 49.3 Å². The molecule has 0 aromatic heterocycles. The summed E-state index contributed by atoms with van der Waals surface area (Å²) >= 11 is 1.45. The normalized spacial score (nSPS) is 12.5. The zero-order valence-corrected chi connectivity index (χ0v) is 44.0. The van der Waals surface area contributed by atoms with Crippen LogP contribution in [0.1, 0.15) is 239 Å². The third kappa shape index (κ3) is 36.1. The van der Waals surface area contributed by atoms with Gasteiger partial charge in [0.1, 0.15) is 30.0 Å². The van der Waals surface area contributed by atoms with Crippen molar-refractivity contribution in [3.05, 3.63) is 29.8 Å². The minimum Gasteiger partial charge on any atom is -0.462 e. The van der Waals surface area contributed by atoms with Crippen LogP contribution in [0.5, 0.6) is 0 Å². The lowest BCUT2D eigenvalue weighted by Crippen LogP contribution is -2.44. The highest BCUT2D eigenvalue weighted by atomic mass is 32.2. The van der Waals surface area contributed by atoms with E-state index in [4.69, 9.17) is 18.9 Å². The fourth-order valence-corrected chi connectivity index (χ4v) is 8.24. The molecule has 0 heterocycles. The molecule has 2 amide bonds. The summed E-state index contributed by atoms with van der Waals surface area (Å²) in [4.78, 5) is 77.0. The number of unbranched alkanes of at least 4 members (excludes halogenated alkanes) is 20. The number of hydrogen-bond donors (Lipinski definition) is 2. The summed E-state index contributed by atoms with van der Waals surface area (Å²) < 4.78 is 22.3. The van der Waals surface area contributed by atoms with E-state index in [2.05, 4.69) is 24.5 Å². The number of hydrogen-bond acceptors (Lipinski definition) is 11. The number of carbonyl (C=O) groups is 6. The topological polar surface area (TPSA) is 163 Å². The monoisotopic (exact) mass is 961 g/mol. The summed E-state index contributed by atoms with van der Waals surface area (Å²) in [6.45, 7) is 14.9. The van der Waals surface area contributed by atoms with Crippen LogP contribution in [0.3, 0.4) is 0 Å². The van der Waals surface area contributed by atoms with Crippen molar-refractivity contribution in [3.63, 3.8) is 0 Å². The molecule has 1 aromatic rings. The van der Waals surface area contributed by atoms with Crippen molar-refractivity contribution >= 4 is 53.1 Å². The molecule has 0 radical (unpaired) electrons. The van der Waals surface area contributed by atoms with Gasteiger partial charge in [0.25, 0.3) is 5.91 Å². The zero-order chi connectivity index (χ0) is 49.8. The van der Waals surface area contributed by atoms with Gasteiger partial charge in [0.05, 0.1) is 0 Å². The standard InChI is InChI=1S/C54H92N2O10S/c1-9-11-13-15-17-19-21-23-25-27-29-31-48(58)63-41-45(64-49(59)32-30-28-26-24-22-20-18-16-14-12-10-2)42-67-40-39-47(57)55-44-35-33-43(34-36-44)51(61)56-46(52(62)66-54(6,7)8)37-38-50(60)65-53(3,4)5/h33-36,45-46H,9-32,37-42H2,1-8H3,(H,55,57)(H,56,61)/t45?,46-/m0/s1. The van der Waals surface area contributed by atoms with Crippen molar-refractivity contribution in [1.29, 1.82) is 0 Å². The van der Waals surface area contributed by atoms with Crippen LogP contribution in [0.15, 0.2) is 24.3 Å². The van der Waals surface area contributed by atoms with Crippen molar-refractivity contribution < 1.29 is 47.7 Å². The molecule has 384 valence electrons. The molecule has 0 aliphatic heterocycles. The zero-order valence-electron chi connectivity index (χ0n) is 43.2. The molecule has 0 aliphatic carbocycles. The predicted molar refractivity (Wildman–Crippen MR) is 272 cm³/mol. The van der Waals surface area contributed by atoms with Crippen LogP contribution in [0.4, 0.5) is 5.69 Å². The van der Waals surface area contributed by atoms with Crippen LogP contribution < -0.4 is 10.6 Å². The largest absolute Gasteiger partial charge is 0.462 e. The van der Waals surface area contributed by atoms with Gasteiger partial charge in [-0.2, -0.15) is 11.8 Å². The smallest absolute Gasteiger partial charge is 0.329 e. The lowest BCUT2D eigenvalue weighted by molar-refractivity contribution is -0.158. The summed E-state index contributed by atoms with van der Waals surface area (Å²) in [6, 6.07) is 5.18. The Morgan fingerprint density at radius 1 is 0.552 bits per heavy atom. The van der Waals surface area contributed by atoms with Gasteiger partial charge < -0.3 is 29.6 Å². The second-order valence-corrected chi connectivity index (χ2v) is 21.2. The Balaban J connectivity index is 2.64. The molecule has 2 N–H and O–H groups in total. The molecule has 0 fully saturated rings. The molecule has 1 unspecified atom stereocenters. The third-order valence-electron chi connectivity index (χ3n) is 11.0. The van der Waals surface area contributed by atoms with E-state index in [0.29, 0.717) is 30.0 Å². The molecule has 0 saturated heterocycles. The van der Waals surface area contributed by atoms with Crippen LogP contribution in [0, 0.1) is 0 Å². The number of benzene rings is 1. The Bertz CT molecular complexity index is 1520. The molecule has 0 bridgehead atoms. The van der Waals surface area contributed by atoms with Gasteiger partial charge >= 0.3 is 23.9 Å². The minimum atomic E-state index is -1.08. The molecule has 1 aromatic carbocycles. The highest BCUT2D eigenvalue weighted by Gasteiger charge is 2.29. The van der Waals surface area contributed by atoms with Crippen LogP contribution >= 0.6 is 11.8 Å². The average Bonchev–Trinajstić information content (AvgIpc) is 3.25. The summed E-state index contributed by atoms with van der Waals surface area (Å²) in [7, 11) is 0. The van der Waals surface area contributed by atoms with Gasteiger partial charge in [-0.05, 0) is 85.1 Å². The van der Waals surface area contributed by atoms with Crippen molar-refractivity contribution in [3.8, 4) is 0 Å². The summed E-state index contributed by atoms with van der Waals surface area (Å²) in [5.74, 6) is -1.67. The first-order chi connectivity index (χ1) is 31.9. The highest BCUT2D eigenvalue weighted by molar-refractivity contribution is 7.99. The Morgan fingerprint density at radius 2 is 1.01 bits per heavy atom. The molecule has 0 saturated carbocycles. The number of amides is 2.